The highest BCUT2D eigenvalue weighted by Gasteiger charge is 2.32. The van der Waals surface area contributed by atoms with Gasteiger partial charge in [0.15, 0.2) is 0 Å². The molecule has 0 aromatic carbocycles. The van der Waals surface area contributed by atoms with Crippen LogP contribution in [0.1, 0.15) is 19.8 Å². The molecule has 0 saturated heterocycles. The minimum atomic E-state index is -0.343. The van der Waals surface area contributed by atoms with Crippen molar-refractivity contribution in [3.8, 4) is 0 Å². The Morgan fingerprint density at radius 1 is 1.00 bits per heavy atom. The van der Waals surface area contributed by atoms with Crippen LogP contribution in [0, 0.1) is 0 Å². The molecule has 0 bridgehead atoms. The molecule has 0 aromatic rings. The Morgan fingerprint density at radius 2 is 1.55 bits per heavy atom. The van der Waals surface area contributed by atoms with Crippen molar-refractivity contribution in [2.45, 2.75) is 31.3 Å². The summed E-state index contributed by atoms with van der Waals surface area (Å²) in [5, 5.41) is 12.8. The van der Waals surface area contributed by atoms with Crippen molar-refractivity contribution in [1.82, 2.24) is 5.32 Å². The lowest BCUT2D eigenvalue weighted by Crippen LogP contribution is -2.50. The van der Waals surface area contributed by atoms with Crippen molar-refractivity contribution in [1.29, 1.82) is 0 Å². The van der Waals surface area contributed by atoms with Crippen LogP contribution in [0.3, 0.4) is 0 Å². The molecule has 0 heterocycles. The normalized spacial score (nSPS) is 18.1. The van der Waals surface area contributed by atoms with E-state index in [1.165, 1.54) is 12.8 Å². The summed E-state index contributed by atoms with van der Waals surface area (Å²) in [4.78, 5) is 0. The second-order valence-corrected chi connectivity index (χ2v) is 5.41. The van der Waals surface area contributed by atoms with Gasteiger partial charge in [-0.3, -0.25) is 0 Å². The number of rotatable bonds is 14. The summed E-state index contributed by atoms with van der Waals surface area (Å²) < 4.78 is 21.1. The molecular weight excluding hydrogens is 262 g/mol. The topological polar surface area (TPSA) is 69.2 Å². The minimum Gasteiger partial charge on any atom is -0.394 e. The van der Waals surface area contributed by atoms with Crippen LogP contribution in [0.25, 0.3) is 0 Å². The fraction of sp³-hybridized carbons (Fsp3) is 1.00. The molecule has 0 aliphatic heterocycles. The quantitative estimate of drug-likeness (QED) is 0.445. The Morgan fingerprint density at radius 3 is 2.05 bits per heavy atom. The molecule has 6 nitrogen and oxygen atoms in total. The zero-order chi connectivity index (χ0) is 14.7. The van der Waals surface area contributed by atoms with Crippen LogP contribution in [0.2, 0.25) is 0 Å². The Bertz CT molecular complexity index is 238. The number of aliphatic hydroxyl groups excluding tert-OH is 1. The van der Waals surface area contributed by atoms with Gasteiger partial charge in [0.1, 0.15) is 0 Å². The van der Waals surface area contributed by atoms with E-state index in [1.54, 1.807) is 7.11 Å². The first-order chi connectivity index (χ1) is 9.70. The predicted molar refractivity (Wildman–Crippen MR) is 76.0 cm³/mol. The SMILES string of the molecule is COCCOCCOCCOCC(C)(CO)NC1CC1. The monoisotopic (exact) mass is 291 g/mol. The van der Waals surface area contributed by atoms with Crippen LogP contribution < -0.4 is 5.32 Å². The van der Waals surface area contributed by atoms with Gasteiger partial charge in [-0.2, -0.15) is 0 Å². The summed E-state index contributed by atoms with van der Waals surface area (Å²) in [6.07, 6.45) is 2.39. The highest BCUT2D eigenvalue weighted by atomic mass is 16.6. The predicted octanol–water partition coefficient (Wildman–Crippen LogP) is 0.186. The van der Waals surface area contributed by atoms with Crippen LogP contribution in [0.4, 0.5) is 0 Å². The van der Waals surface area contributed by atoms with Crippen LogP contribution in [0.5, 0.6) is 0 Å². The summed E-state index contributed by atoms with van der Waals surface area (Å²) in [5.41, 5.74) is -0.343. The van der Waals surface area contributed by atoms with Gasteiger partial charge >= 0.3 is 0 Å². The van der Waals surface area contributed by atoms with E-state index >= 15 is 0 Å². The van der Waals surface area contributed by atoms with E-state index in [0.717, 1.165) is 0 Å². The Kier molecular flexibility index (Phi) is 9.33. The summed E-state index contributed by atoms with van der Waals surface area (Å²) in [6.45, 7) is 5.96. The van der Waals surface area contributed by atoms with Crippen molar-refractivity contribution in [3.63, 3.8) is 0 Å². The van der Waals surface area contributed by atoms with Gasteiger partial charge in [0.2, 0.25) is 0 Å². The first kappa shape index (κ1) is 17.8. The summed E-state index contributed by atoms with van der Waals surface area (Å²) in [7, 11) is 1.65. The molecule has 0 spiro atoms. The maximum Gasteiger partial charge on any atom is 0.0701 e. The average Bonchev–Trinajstić information content (AvgIpc) is 3.25. The lowest BCUT2D eigenvalue weighted by Gasteiger charge is -2.28. The van der Waals surface area contributed by atoms with Crippen molar-refractivity contribution in [2.24, 2.45) is 0 Å². The molecule has 0 amide bonds. The molecule has 1 rings (SSSR count). The largest absolute Gasteiger partial charge is 0.394 e. The number of hydrogen-bond donors (Lipinski definition) is 2. The van der Waals surface area contributed by atoms with E-state index < -0.39 is 0 Å². The van der Waals surface area contributed by atoms with Gasteiger partial charge in [-0.05, 0) is 19.8 Å². The molecule has 1 unspecified atom stereocenters. The molecule has 1 saturated carbocycles. The van der Waals surface area contributed by atoms with Gasteiger partial charge in [-0.25, -0.2) is 0 Å². The second kappa shape index (κ2) is 10.5. The van der Waals surface area contributed by atoms with E-state index in [-0.39, 0.29) is 12.1 Å². The maximum atomic E-state index is 9.40. The second-order valence-electron chi connectivity index (χ2n) is 5.41. The van der Waals surface area contributed by atoms with Gasteiger partial charge in [-0.15, -0.1) is 0 Å². The molecule has 0 radical (unpaired) electrons. The van der Waals surface area contributed by atoms with Gasteiger partial charge < -0.3 is 29.4 Å². The summed E-state index contributed by atoms with van der Waals surface area (Å²) >= 11 is 0. The molecule has 2 N–H and O–H groups in total. The lowest BCUT2D eigenvalue weighted by atomic mass is 10.1. The standard InChI is InChI=1S/C14H29NO5/c1-14(11-16,15-13-3-4-13)12-20-10-9-19-8-7-18-6-5-17-2/h13,15-16H,3-12H2,1-2H3. The molecule has 1 aliphatic carbocycles. The zero-order valence-corrected chi connectivity index (χ0v) is 12.7. The third-order valence-electron chi connectivity index (χ3n) is 3.08. The van der Waals surface area contributed by atoms with E-state index in [0.29, 0.717) is 52.3 Å². The van der Waals surface area contributed by atoms with Crippen LogP contribution >= 0.6 is 0 Å². The molecule has 1 fully saturated rings. The van der Waals surface area contributed by atoms with Crippen LogP contribution in [0.15, 0.2) is 0 Å². The van der Waals surface area contributed by atoms with Crippen molar-refractivity contribution < 1.29 is 24.1 Å². The highest BCUT2D eigenvalue weighted by Crippen LogP contribution is 2.22. The van der Waals surface area contributed by atoms with Gasteiger partial charge in [0.05, 0.1) is 58.4 Å². The third kappa shape index (κ3) is 8.84. The first-order valence-corrected chi connectivity index (χ1v) is 7.31. The minimum absolute atomic E-state index is 0.0810. The van der Waals surface area contributed by atoms with Crippen LogP contribution in [-0.2, 0) is 18.9 Å². The molecule has 20 heavy (non-hydrogen) atoms. The Balaban J connectivity index is 1.87. The zero-order valence-electron chi connectivity index (χ0n) is 12.7. The van der Waals surface area contributed by atoms with E-state index in [1.807, 2.05) is 6.92 Å². The van der Waals surface area contributed by atoms with Gasteiger partial charge in [0.25, 0.3) is 0 Å². The fourth-order valence-electron chi connectivity index (χ4n) is 1.73. The number of aliphatic hydroxyl groups is 1. The highest BCUT2D eigenvalue weighted by molar-refractivity contribution is 4.92. The average molecular weight is 291 g/mol. The molecule has 1 aliphatic rings. The van der Waals surface area contributed by atoms with Crippen molar-refractivity contribution in [2.75, 3.05) is 60.0 Å². The fourth-order valence-corrected chi connectivity index (χ4v) is 1.73. The van der Waals surface area contributed by atoms with Gasteiger partial charge in [-0.1, -0.05) is 0 Å². The number of methoxy groups -OCH3 is 1. The first-order valence-electron chi connectivity index (χ1n) is 7.31. The van der Waals surface area contributed by atoms with E-state index in [9.17, 15) is 5.11 Å². The summed E-state index contributed by atoms with van der Waals surface area (Å²) in [5.74, 6) is 0. The lowest BCUT2D eigenvalue weighted by molar-refractivity contribution is -0.0121. The van der Waals surface area contributed by atoms with Gasteiger partial charge in [0, 0.05) is 13.2 Å². The van der Waals surface area contributed by atoms with Crippen molar-refractivity contribution in [3.05, 3.63) is 0 Å². The van der Waals surface area contributed by atoms with Crippen molar-refractivity contribution >= 4 is 0 Å². The number of ether oxygens (including phenoxy) is 4. The molecule has 6 heteroatoms. The maximum absolute atomic E-state index is 9.40. The smallest absolute Gasteiger partial charge is 0.0701 e. The Labute approximate surface area is 121 Å². The molecular formula is C14H29NO5. The molecule has 120 valence electrons. The van der Waals surface area contributed by atoms with E-state index in [4.69, 9.17) is 18.9 Å². The number of hydrogen-bond acceptors (Lipinski definition) is 6. The molecule has 1 atom stereocenters. The summed E-state index contributed by atoms with van der Waals surface area (Å²) in [6, 6.07) is 0.552. The van der Waals surface area contributed by atoms with E-state index in [2.05, 4.69) is 5.32 Å². The Hall–Kier alpha value is -0.240. The third-order valence-corrected chi connectivity index (χ3v) is 3.08. The molecule has 0 aromatic heterocycles. The van der Waals surface area contributed by atoms with Crippen LogP contribution in [-0.4, -0.2) is 76.7 Å². The number of nitrogens with one attached hydrogen (secondary N) is 1.